The Bertz CT molecular complexity index is 1100. The van der Waals surface area contributed by atoms with Crippen LogP contribution >= 0.6 is 0 Å². The van der Waals surface area contributed by atoms with E-state index in [1.807, 2.05) is 6.08 Å². The first-order valence-electron chi connectivity index (χ1n) is 30.3. The molecular formula is C62H117NO5. The largest absolute Gasteiger partial charge is 0.466 e. The highest BCUT2D eigenvalue weighted by atomic mass is 16.5. The van der Waals surface area contributed by atoms with Gasteiger partial charge in [0.1, 0.15) is 0 Å². The standard InChI is InChI=1S/C62H117NO5/c1-3-5-7-9-11-13-15-17-19-28-32-36-40-44-48-52-56-62(67)68-57-53-49-45-41-37-33-29-25-23-21-20-22-24-27-31-35-39-43-47-51-55-61(66)63-59(58-64)60(65)54-50-46-42-38-34-30-26-18-16-14-12-10-8-6-4-2/h13,15,19,28,50,54,59-60,64-65H,3-12,14,16-18,20-27,29-49,51-53,55-58H2,1-2H3,(H,63,66)/b15-13-,28-19-,54-50+. The highest BCUT2D eigenvalue weighted by molar-refractivity contribution is 5.76. The molecule has 2 unspecified atom stereocenters. The van der Waals surface area contributed by atoms with Crippen LogP contribution in [0, 0.1) is 0 Å². The van der Waals surface area contributed by atoms with E-state index in [0.29, 0.717) is 19.4 Å². The lowest BCUT2D eigenvalue weighted by Gasteiger charge is -2.20. The third-order valence-electron chi connectivity index (χ3n) is 13.9. The van der Waals surface area contributed by atoms with Crippen LogP contribution in [0.2, 0.25) is 0 Å². The summed E-state index contributed by atoms with van der Waals surface area (Å²) in [7, 11) is 0. The van der Waals surface area contributed by atoms with Crippen molar-refractivity contribution < 1.29 is 24.5 Å². The Labute approximate surface area is 424 Å². The molecule has 0 aromatic heterocycles. The average Bonchev–Trinajstić information content (AvgIpc) is 3.34. The molecule has 2 atom stereocenters. The molecular weight excluding hydrogens is 839 g/mol. The molecule has 0 aliphatic rings. The van der Waals surface area contributed by atoms with E-state index < -0.39 is 12.1 Å². The number of aliphatic hydroxyl groups excluding tert-OH is 2. The van der Waals surface area contributed by atoms with Crippen LogP contribution in [0.5, 0.6) is 0 Å². The smallest absolute Gasteiger partial charge is 0.305 e. The number of amides is 1. The SMILES string of the molecule is CCCCCC/C=C\C/C=C\CCCCCCCC(=O)OCCCCCCCCCCCCCCCCCCCCCCC(=O)NC(CO)C(O)/C=C/CCCCCCCCCCCCCCC. The van der Waals surface area contributed by atoms with Crippen LogP contribution in [0.1, 0.15) is 322 Å². The number of aliphatic hydroxyl groups is 2. The lowest BCUT2D eigenvalue weighted by molar-refractivity contribution is -0.143. The number of carbonyl (C=O) groups excluding carboxylic acids is 2. The summed E-state index contributed by atoms with van der Waals surface area (Å²) in [5, 5.41) is 23.1. The van der Waals surface area contributed by atoms with Crippen LogP contribution in [0.3, 0.4) is 0 Å². The molecule has 0 saturated carbocycles. The van der Waals surface area contributed by atoms with Gasteiger partial charge in [0.15, 0.2) is 0 Å². The summed E-state index contributed by atoms with van der Waals surface area (Å²) in [6.45, 7) is 4.89. The molecule has 0 saturated heterocycles. The van der Waals surface area contributed by atoms with E-state index in [9.17, 15) is 19.8 Å². The number of rotatable bonds is 56. The fourth-order valence-corrected chi connectivity index (χ4v) is 9.25. The van der Waals surface area contributed by atoms with Gasteiger partial charge in [0.2, 0.25) is 5.91 Å². The number of esters is 1. The molecule has 0 heterocycles. The minimum atomic E-state index is -0.846. The third kappa shape index (κ3) is 53.4. The van der Waals surface area contributed by atoms with Crippen molar-refractivity contribution in [3.63, 3.8) is 0 Å². The van der Waals surface area contributed by atoms with Crippen molar-refractivity contribution >= 4 is 11.9 Å². The Morgan fingerprint density at radius 2 is 0.735 bits per heavy atom. The second kappa shape index (κ2) is 57.7. The second-order valence-electron chi connectivity index (χ2n) is 20.7. The van der Waals surface area contributed by atoms with Crippen molar-refractivity contribution in [1.82, 2.24) is 5.32 Å². The average molecular weight is 957 g/mol. The van der Waals surface area contributed by atoms with Crippen molar-refractivity contribution in [3.05, 3.63) is 36.5 Å². The molecule has 1 amide bonds. The Hall–Kier alpha value is -1.92. The lowest BCUT2D eigenvalue weighted by Crippen LogP contribution is -2.45. The number of ether oxygens (including phenoxy) is 1. The first-order valence-corrected chi connectivity index (χ1v) is 30.3. The van der Waals surface area contributed by atoms with Crippen LogP contribution in [0.4, 0.5) is 0 Å². The normalized spacial score (nSPS) is 12.8. The molecule has 0 radical (unpaired) electrons. The van der Waals surface area contributed by atoms with Gasteiger partial charge in [0, 0.05) is 12.8 Å². The zero-order chi connectivity index (χ0) is 49.3. The molecule has 68 heavy (non-hydrogen) atoms. The summed E-state index contributed by atoms with van der Waals surface area (Å²) in [5.41, 5.74) is 0. The predicted molar refractivity (Wildman–Crippen MR) is 296 cm³/mol. The summed E-state index contributed by atoms with van der Waals surface area (Å²) in [5.74, 6) is -0.0727. The molecule has 3 N–H and O–H groups in total. The summed E-state index contributed by atoms with van der Waals surface area (Å²) < 4.78 is 5.48. The third-order valence-corrected chi connectivity index (χ3v) is 13.9. The summed E-state index contributed by atoms with van der Waals surface area (Å²) in [4.78, 5) is 24.5. The van der Waals surface area contributed by atoms with Crippen LogP contribution in [0.25, 0.3) is 0 Å². The molecule has 0 aromatic rings. The molecule has 6 heteroatoms. The quantitative estimate of drug-likeness (QED) is 0.0321. The summed E-state index contributed by atoms with van der Waals surface area (Å²) >= 11 is 0. The lowest BCUT2D eigenvalue weighted by atomic mass is 10.0. The van der Waals surface area contributed by atoms with Crippen molar-refractivity contribution in [2.24, 2.45) is 0 Å². The van der Waals surface area contributed by atoms with Crippen molar-refractivity contribution in [2.45, 2.75) is 334 Å². The van der Waals surface area contributed by atoms with Crippen LogP contribution in [-0.4, -0.2) is 47.4 Å². The maximum Gasteiger partial charge on any atom is 0.305 e. The number of hydrogen-bond acceptors (Lipinski definition) is 5. The maximum atomic E-state index is 12.5. The van der Waals surface area contributed by atoms with Gasteiger partial charge in [-0.1, -0.05) is 281 Å². The van der Waals surface area contributed by atoms with E-state index in [0.717, 1.165) is 51.4 Å². The van der Waals surface area contributed by atoms with Gasteiger partial charge in [-0.05, 0) is 64.2 Å². The van der Waals surface area contributed by atoms with Gasteiger partial charge in [0.05, 0.1) is 25.4 Å². The minimum Gasteiger partial charge on any atom is -0.466 e. The number of unbranched alkanes of at least 4 members (excludes halogenated alkanes) is 41. The Balaban J connectivity index is 3.42. The molecule has 0 aliphatic carbocycles. The molecule has 0 rings (SSSR count). The van der Waals surface area contributed by atoms with Gasteiger partial charge in [-0.2, -0.15) is 0 Å². The van der Waals surface area contributed by atoms with Gasteiger partial charge >= 0.3 is 5.97 Å². The van der Waals surface area contributed by atoms with Gasteiger partial charge in [0.25, 0.3) is 0 Å². The summed E-state index contributed by atoms with van der Waals surface area (Å²) in [6, 6.07) is -0.629. The highest BCUT2D eigenvalue weighted by Gasteiger charge is 2.18. The first kappa shape index (κ1) is 66.1. The molecule has 0 bridgehead atoms. The molecule has 6 nitrogen and oxygen atoms in total. The zero-order valence-electron chi connectivity index (χ0n) is 45.6. The van der Waals surface area contributed by atoms with E-state index in [1.165, 1.54) is 244 Å². The van der Waals surface area contributed by atoms with Gasteiger partial charge < -0.3 is 20.3 Å². The number of carbonyl (C=O) groups is 2. The molecule has 400 valence electrons. The van der Waals surface area contributed by atoms with E-state index in [1.54, 1.807) is 6.08 Å². The zero-order valence-corrected chi connectivity index (χ0v) is 45.6. The van der Waals surface area contributed by atoms with E-state index in [2.05, 4.69) is 43.5 Å². The van der Waals surface area contributed by atoms with Crippen molar-refractivity contribution in [1.29, 1.82) is 0 Å². The highest BCUT2D eigenvalue weighted by Crippen LogP contribution is 2.17. The van der Waals surface area contributed by atoms with Gasteiger partial charge in [-0.3, -0.25) is 9.59 Å². The van der Waals surface area contributed by atoms with Gasteiger partial charge in [-0.25, -0.2) is 0 Å². The van der Waals surface area contributed by atoms with Crippen molar-refractivity contribution in [3.8, 4) is 0 Å². The maximum absolute atomic E-state index is 12.5. The number of hydrogen-bond donors (Lipinski definition) is 3. The first-order chi connectivity index (χ1) is 33.5. The molecule has 0 spiro atoms. The van der Waals surface area contributed by atoms with Crippen LogP contribution in [0.15, 0.2) is 36.5 Å². The van der Waals surface area contributed by atoms with E-state index in [-0.39, 0.29) is 18.5 Å². The van der Waals surface area contributed by atoms with Crippen LogP contribution < -0.4 is 5.32 Å². The fraction of sp³-hybridized carbons (Fsp3) is 0.871. The minimum absolute atomic E-state index is 0.00357. The van der Waals surface area contributed by atoms with E-state index in [4.69, 9.17) is 4.74 Å². The Kier molecular flexibility index (Phi) is 56.0. The molecule has 0 aliphatic heterocycles. The van der Waals surface area contributed by atoms with Gasteiger partial charge in [-0.15, -0.1) is 0 Å². The topological polar surface area (TPSA) is 95.9 Å². The molecule has 0 fully saturated rings. The van der Waals surface area contributed by atoms with Crippen LogP contribution in [-0.2, 0) is 14.3 Å². The molecule has 0 aromatic carbocycles. The number of allylic oxidation sites excluding steroid dienone is 5. The summed E-state index contributed by atoms with van der Waals surface area (Å²) in [6.07, 6.45) is 71.7. The predicted octanol–water partition coefficient (Wildman–Crippen LogP) is 18.8. The Morgan fingerprint density at radius 3 is 1.13 bits per heavy atom. The monoisotopic (exact) mass is 956 g/mol. The Morgan fingerprint density at radius 1 is 0.412 bits per heavy atom. The number of nitrogens with one attached hydrogen (secondary N) is 1. The second-order valence-corrected chi connectivity index (χ2v) is 20.7. The fourth-order valence-electron chi connectivity index (χ4n) is 9.25. The van der Waals surface area contributed by atoms with Crippen molar-refractivity contribution in [2.75, 3.05) is 13.2 Å². The van der Waals surface area contributed by atoms with E-state index >= 15 is 0 Å².